The SMILES string of the molecule is Cc1cc(NS(=O)(=O)c2ccnc(Cl)c2)ccc1Br. The summed E-state index contributed by atoms with van der Waals surface area (Å²) in [6, 6.07) is 7.89. The van der Waals surface area contributed by atoms with Crippen LogP contribution in [0.5, 0.6) is 0 Å². The molecular formula is C12H10BrClN2O2S. The van der Waals surface area contributed by atoms with E-state index in [4.69, 9.17) is 11.6 Å². The first-order chi connectivity index (χ1) is 8.88. The predicted molar refractivity (Wildman–Crippen MR) is 78.9 cm³/mol. The van der Waals surface area contributed by atoms with E-state index in [1.807, 2.05) is 6.92 Å². The maximum Gasteiger partial charge on any atom is 0.262 e. The number of pyridine rings is 1. The van der Waals surface area contributed by atoms with Crippen LogP contribution in [-0.2, 0) is 10.0 Å². The van der Waals surface area contributed by atoms with Gasteiger partial charge in [0.1, 0.15) is 5.15 Å². The second-order valence-electron chi connectivity index (χ2n) is 3.88. The van der Waals surface area contributed by atoms with Gasteiger partial charge in [0, 0.05) is 16.4 Å². The minimum Gasteiger partial charge on any atom is -0.280 e. The summed E-state index contributed by atoms with van der Waals surface area (Å²) in [5, 5.41) is 0.134. The zero-order valence-corrected chi connectivity index (χ0v) is 13.1. The fourth-order valence-electron chi connectivity index (χ4n) is 1.47. The summed E-state index contributed by atoms with van der Waals surface area (Å²) in [4.78, 5) is 3.83. The highest BCUT2D eigenvalue weighted by Gasteiger charge is 2.15. The van der Waals surface area contributed by atoms with Crippen LogP contribution in [-0.4, -0.2) is 13.4 Å². The first-order valence-corrected chi connectivity index (χ1v) is 7.94. The highest BCUT2D eigenvalue weighted by Crippen LogP contribution is 2.22. The van der Waals surface area contributed by atoms with Gasteiger partial charge in [-0.25, -0.2) is 13.4 Å². The van der Waals surface area contributed by atoms with Crippen molar-refractivity contribution in [1.82, 2.24) is 4.98 Å². The number of hydrogen-bond donors (Lipinski definition) is 1. The number of benzene rings is 1. The Hall–Kier alpha value is -1.11. The number of aryl methyl sites for hydroxylation is 1. The second-order valence-corrected chi connectivity index (χ2v) is 6.81. The minimum atomic E-state index is -3.66. The highest BCUT2D eigenvalue weighted by atomic mass is 79.9. The van der Waals surface area contributed by atoms with Crippen LogP contribution in [0.4, 0.5) is 5.69 Å². The Morgan fingerprint density at radius 3 is 2.63 bits per heavy atom. The summed E-state index contributed by atoms with van der Waals surface area (Å²) in [7, 11) is -3.66. The van der Waals surface area contributed by atoms with Crippen LogP contribution < -0.4 is 4.72 Å². The van der Waals surface area contributed by atoms with Crippen LogP contribution in [0.2, 0.25) is 5.15 Å². The van der Waals surface area contributed by atoms with Gasteiger partial charge in [-0.1, -0.05) is 27.5 Å². The lowest BCUT2D eigenvalue weighted by atomic mass is 10.2. The zero-order chi connectivity index (χ0) is 14.0. The van der Waals surface area contributed by atoms with Crippen molar-refractivity contribution >= 4 is 43.2 Å². The molecule has 0 spiro atoms. The van der Waals surface area contributed by atoms with Crippen LogP contribution in [0.15, 0.2) is 45.9 Å². The van der Waals surface area contributed by atoms with Gasteiger partial charge >= 0.3 is 0 Å². The van der Waals surface area contributed by atoms with Crippen molar-refractivity contribution < 1.29 is 8.42 Å². The Kier molecular flexibility index (Phi) is 4.13. The highest BCUT2D eigenvalue weighted by molar-refractivity contribution is 9.10. The molecular weight excluding hydrogens is 352 g/mol. The molecule has 0 saturated heterocycles. The van der Waals surface area contributed by atoms with E-state index in [2.05, 4.69) is 25.6 Å². The molecule has 4 nitrogen and oxygen atoms in total. The number of sulfonamides is 1. The number of aromatic nitrogens is 1. The largest absolute Gasteiger partial charge is 0.280 e. The summed E-state index contributed by atoms with van der Waals surface area (Å²) in [5.74, 6) is 0. The number of anilines is 1. The standard InChI is InChI=1S/C12H10BrClN2O2S/c1-8-6-9(2-3-11(8)13)16-19(17,18)10-4-5-15-12(14)7-10/h2-7,16H,1H3. The maximum atomic E-state index is 12.1. The van der Waals surface area contributed by atoms with Gasteiger partial charge < -0.3 is 0 Å². The lowest BCUT2D eigenvalue weighted by molar-refractivity contribution is 0.601. The van der Waals surface area contributed by atoms with Gasteiger partial charge in [0.15, 0.2) is 0 Å². The van der Waals surface area contributed by atoms with Crippen molar-refractivity contribution in [3.8, 4) is 0 Å². The van der Waals surface area contributed by atoms with Crippen molar-refractivity contribution in [2.45, 2.75) is 11.8 Å². The fraction of sp³-hybridized carbons (Fsp3) is 0.0833. The van der Waals surface area contributed by atoms with Crippen LogP contribution in [0.3, 0.4) is 0 Å². The number of hydrogen-bond acceptors (Lipinski definition) is 3. The predicted octanol–water partition coefficient (Wildman–Crippen LogP) is 3.61. The molecule has 0 fully saturated rings. The lowest BCUT2D eigenvalue weighted by Crippen LogP contribution is -2.13. The molecule has 7 heteroatoms. The molecule has 0 bridgehead atoms. The maximum absolute atomic E-state index is 12.1. The summed E-state index contributed by atoms with van der Waals surface area (Å²) >= 11 is 9.05. The summed E-state index contributed by atoms with van der Waals surface area (Å²) in [6.07, 6.45) is 1.35. The number of nitrogens with zero attached hydrogens (tertiary/aromatic N) is 1. The van der Waals surface area contributed by atoms with Gasteiger partial charge in [0.05, 0.1) is 4.90 Å². The number of rotatable bonds is 3. The van der Waals surface area contributed by atoms with Crippen LogP contribution in [0.25, 0.3) is 0 Å². The summed E-state index contributed by atoms with van der Waals surface area (Å²) < 4.78 is 27.7. The van der Waals surface area contributed by atoms with E-state index >= 15 is 0 Å². The van der Waals surface area contributed by atoms with E-state index in [0.29, 0.717) is 5.69 Å². The van der Waals surface area contributed by atoms with E-state index in [1.165, 1.54) is 18.3 Å². The monoisotopic (exact) mass is 360 g/mol. The molecule has 100 valence electrons. The van der Waals surface area contributed by atoms with E-state index in [1.54, 1.807) is 18.2 Å². The van der Waals surface area contributed by atoms with Gasteiger partial charge in [-0.2, -0.15) is 0 Å². The molecule has 1 aromatic carbocycles. The van der Waals surface area contributed by atoms with Crippen LogP contribution >= 0.6 is 27.5 Å². The molecule has 1 heterocycles. The molecule has 0 atom stereocenters. The summed E-state index contributed by atoms with van der Waals surface area (Å²) in [6.45, 7) is 1.88. The van der Waals surface area contributed by atoms with Crippen molar-refractivity contribution in [3.63, 3.8) is 0 Å². The first kappa shape index (κ1) is 14.3. The van der Waals surface area contributed by atoms with Gasteiger partial charge in [-0.05, 0) is 42.8 Å². The van der Waals surface area contributed by atoms with Gasteiger partial charge in [-0.3, -0.25) is 4.72 Å². The minimum absolute atomic E-state index is 0.0769. The normalized spacial score (nSPS) is 11.3. The molecule has 0 amide bonds. The Balaban J connectivity index is 2.33. The molecule has 0 radical (unpaired) electrons. The van der Waals surface area contributed by atoms with E-state index in [0.717, 1.165) is 10.0 Å². The number of nitrogens with one attached hydrogen (secondary N) is 1. The fourth-order valence-corrected chi connectivity index (χ4v) is 3.02. The lowest BCUT2D eigenvalue weighted by Gasteiger charge is -2.09. The van der Waals surface area contributed by atoms with Crippen LogP contribution in [0, 0.1) is 6.92 Å². The first-order valence-electron chi connectivity index (χ1n) is 5.29. The van der Waals surface area contributed by atoms with Crippen molar-refractivity contribution in [2.24, 2.45) is 0 Å². The van der Waals surface area contributed by atoms with Gasteiger partial charge in [0.2, 0.25) is 0 Å². The third kappa shape index (κ3) is 3.46. The third-order valence-corrected chi connectivity index (χ3v) is 4.89. The quantitative estimate of drug-likeness (QED) is 0.850. The van der Waals surface area contributed by atoms with E-state index in [9.17, 15) is 8.42 Å². The number of halogens is 2. The second kappa shape index (κ2) is 5.48. The van der Waals surface area contributed by atoms with Gasteiger partial charge in [0.25, 0.3) is 10.0 Å². The average molecular weight is 362 g/mol. The molecule has 0 unspecified atom stereocenters. The Morgan fingerprint density at radius 1 is 1.26 bits per heavy atom. The topological polar surface area (TPSA) is 59.1 Å². The molecule has 0 aliphatic rings. The molecule has 1 aromatic heterocycles. The molecule has 0 aliphatic carbocycles. The third-order valence-electron chi connectivity index (χ3n) is 2.42. The smallest absolute Gasteiger partial charge is 0.262 e. The molecule has 19 heavy (non-hydrogen) atoms. The molecule has 1 N–H and O–H groups in total. The van der Waals surface area contributed by atoms with Crippen molar-refractivity contribution in [2.75, 3.05) is 4.72 Å². The summed E-state index contributed by atoms with van der Waals surface area (Å²) in [5.41, 5.74) is 1.43. The molecule has 0 saturated carbocycles. The molecule has 0 aliphatic heterocycles. The average Bonchev–Trinajstić information content (AvgIpc) is 2.33. The zero-order valence-electron chi connectivity index (χ0n) is 9.89. The van der Waals surface area contributed by atoms with E-state index in [-0.39, 0.29) is 10.0 Å². The Morgan fingerprint density at radius 2 is 2.00 bits per heavy atom. The molecule has 2 aromatic rings. The Bertz CT molecular complexity index is 719. The van der Waals surface area contributed by atoms with E-state index < -0.39 is 10.0 Å². The molecule has 2 rings (SSSR count). The van der Waals surface area contributed by atoms with Crippen molar-refractivity contribution in [1.29, 1.82) is 0 Å². The van der Waals surface area contributed by atoms with Crippen LogP contribution in [0.1, 0.15) is 5.56 Å². The van der Waals surface area contributed by atoms with Gasteiger partial charge in [-0.15, -0.1) is 0 Å². The van der Waals surface area contributed by atoms with Crippen molar-refractivity contribution in [3.05, 3.63) is 51.7 Å². The Labute approximate surface area is 125 Å².